The van der Waals surface area contributed by atoms with Crippen LogP contribution >= 0.6 is 0 Å². The second-order valence-electron chi connectivity index (χ2n) is 5.74. The Morgan fingerprint density at radius 2 is 2.12 bits per heavy atom. The Balaban J connectivity index is 2.13. The van der Waals surface area contributed by atoms with Crippen LogP contribution in [-0.4, -0.2) is 10.7 Å². The molecule has 1 aromatic rings. The van der Waals surface area contributed by atoms with E-state index >= 15 is 0 Å². The summed E-state index contributed by atoms with van der Waals surface area (Å²) in [5.41, 5.74) is 2.48. The number of benzene rings is 1. The molecule has 2 unspecified atom stereocenters. The molecule has 0 heterocycles. The van der Waals surface area contributed by atoms with Gasteiger partial charge in [0.1, 0.15) is 0 Å². The average Bonchev–Trinajstić information content (AvgIpc) is 2.29. The number of hydrogen-bond acceptors (Lipinski definition) is 1. The predicted octanol–water partition coefficient (Wildman–Crippen LogP) is 4.05. The van der Waals surface area contributed by atoms with Gasteiger partial charge < -0.3 is 5.11 Å². The van der Waals surface area contributed by atoms with Crippen molar-refractivity contribution >= 4 is 0 Å². The molecule has 0 radical (unpaired) electrons. The van der Waals surface area contributed by atoms with Gasteiger partial charge in [-0.25, -0.2) is 0 Å². The Morgan fingerprint density at radius 1 is 1.35 bits per heavy atom. The molecule has 2 atom stereocenters. The molecule has 0 amide bonds. The maximum atomic E-state index is 10.4. The first-order valence-corrected chi connectivity index (χ1v) is 6.92. The van der Waals surface area contributed by atoms with Crippen LogP contribution in [0.4, 0.5) is 0 Å². The van der Waals surface area contributed by atoms with E-state index < -0.39 is 5.60 Å². The Kier molecular flexibility index (Phi) is 3.88. The molecule has 1 nitrogen and oxygen atoms in total. The van der Waals surface area contributed by atoms with Crippen molar-refractivity contribution in [2.45, 2.75) is 63.9 Å². The second-order valence-corrected chi connectivity index (χ2v) is 5.74. The standard InChI is InChI=1S/C16H24O/c1-3-11-16(2,17)12-14-9-6-8-13-7-4-5-10-15(13)14/h4-5,7,10,14,17H,3,6,8-9,11-12H2,1-2H3. The van der Waals surface area contributed by atoms with Crippen molar-refractivity contribution in [1.82, 2.24) is 0 Å². The van der Waals surface area contributed by atoms with Crippen LogP contribution in [0.5, 0.6) is 0 Å². The van der Waals surface area contributed by atoms with E-state index in [-0.39, 0.29) is 0 Å². The lowest BCUT2D eigenvalue weighted by Gasteiger charge is -2.32. The van der Waals surface area contributed by atoms with E-state index in [0.29, 0.717) is 5.92 Å². The Bertz CT molecular complexity index is 368. The highest BCUT2D eigenvalue weighted by atomic mass is 16.3. The van der Waals surface area contributed by atoms with Gasteiger partial charge in [-0.05, 0) is 56.1 Å². The minimum absolute atomic E-state index is 0.496. The van der Waals surface area contributed by atoms with Gasteiger partial charge in [-0.3, -0.25) is 0 Å². The number of fused-ring (bicyclic) bond motifs is 1. The van der Waals surface area contributed by atoms with Crippen LogP contribution in [0.1, 0.15) is 63.0 Å². The van der Waals surface area contributed by atoms with Crippen molar-refractivity contribution in [3.63, 3.8) is 0 Å². The normalized spacial score (nSPS) is 22.9. The summed E-state index contributed by atoms with van der Waals surface area (Å²) in [4.78, 5) is 0. The quantitative estimate of drug-likeness (QED) is 0.830. The summed E-state index contributed by atoms with van der Waals surface area (Å²) in [6, 6.07) is 8.76. The van der Waals surface area contributed by atoms with Gasteiger partial charge in [0.05, 0.1) is 5.60 Å². The smallest absolute Gasteiger partial charge is 0.0625 e. The first-order chi connectivity index (χ1) is 8.12. The van der Waals surface area contributed by atoms with Crippen molar-refractivity contribution < 1.29 is 5.11 Å². The summed E-state index contributed by atoms with van der Waals surface area (Å²) in [5, 5.41) is 10.4. The van der Waals surface area contributed by atoms with Gasteiger partial charge in [0.15, 0.2) is 0 Å². The molecule has 0 bridgehead atoms. The van der Waals surface area contributed by atoms with Crippen LogP contribution in [-0.2, 0) is 6.42 Å². The lowest BCUT2D eigenvalue weighted by atomic mass is 9.76. The van der Waals surface area contributed by atoms with Crippen LogP contribution in [0.15, 0.2) is 24.3 Å². The molecule has 17 heavy (non-hydrogen) atoms. The van der Waals surface area contributed by atoms with Gasteiger partial charge >= 0.3 is 0 Å². The molecular formula is C16H24O. The van der Waals surface area contributed by atoms with E-state index in [1.165, 1.54) is 30.4 Å². The molecule has 0 saturated carbocycles. The van der Waals surface area contributed by atoms with Crippen molar-refractivity contribution in [2.24, 2.45) is 0 Å². The fourth-order valence-electron chi connectivity index (χ4n) is 3.24. The Hall–Kier alpha value is -0.820. The fourth-order valence-corrected chi connectivity index (χ4v) is 3.24. The summed E-state index contributed by atoms with van der Waals surface area (Å²) >= 11 is 0. The zero-order valence-corrected chi connectivity index (χ0v) is 11.1. The fraction of sp³-hybridized carbons (Fsp3) is 0.625. The highest BCUT2D eigenvalue weighted by molar-refractivity contribution is 5.32. The second kappa shape index (κ2) is 5.22. The van der Waals surface area contributed by atoms with Gasteiger partial charge in [-0.1, -0.05) is 37.6 Å². The molecule has 1 aromatic carbocycles. The lowest BCUT2D eigenvalue weighted by molar-refractivity contribution is 0.0323. The first kappa shape index (κ1) is 12.6. The monoisotopic (exact) mass is 232 g/mol. The van der Waals surface area contributed by atoms with Crippen LogP contribution in [0, 0.1) is 0 Å². The number of hydrogen-bond donors (Lipinski definition) is 1. The van der Waals surface area contributed by atoms with Gasteiger partial charge in [0, 0.05) is 0 Å². The third-order valence-corrected chi connectivity index (χ3v) is 3.97. The van der Waals surface area contributed by atoms with Crippen LogP contribution in [0.2, 0.25) is 0 Å². The molecule has 0 fully saturated rings. The Morgan fingerprint density at radius 3 is 2.88 bits per heavy atom. The molecule has 1 aliphatic rings. The largest absolute Gasteiger partial charge is 0.390 e. The number of rotatable bonds is 4. The molecule has 0 aliphatic heterocycles. The predicted molar refractivity (Wildman–Crippen MR) is 72.3 cm³/mol. The highest BCUT2D eigenvalue weighted by Crippen LogP contribution is 2.37. The minimum atomic E-state index is -0.496. The molecule has 94 valence electrons. The molecule has 0 spiro atoms. The molecule has 1 heteroatoms. The van der Waals surface area contributed by atoms with E-state index in [9.17, 15) is 5.11 Å². The summed E-state index contributed by atoms with van der Waals surface area (Å²) in [6.45, 7) is 4.14. The average molecular weight is 232 g/mol. The third kappa shape index (κ3) is 3.10. The first-order valence-electron chi connectivity index (χ1n) is 6.92. The zero-order chi connectivity index (χ0) is 12.3. The topological polar surface area (TPSA) is 20.2 Å². The zero-order valence-electron chi connectivity index (χ0n) is 11.1. The van der Waals surface area contributed by atoms with Crippen molar-refractivity contribution in [3.8, 4) is 0 Å². The van der Waals surface area contributed by atoms with E-state index in [1.54, 1.807) is 0 Å². The maximum absolute atomic E-state index is 10.4. The summed E-state index contributed by atoms with van der Waals surface area (Å²) in [7, 11) is 0. The van der Waals surface area contributed by atoms with E-state index in [0.717, 1.165) is 19.3 Å². The molecule has 1 N–H and O–H groups in total. The molecule has 1 aliphatic carbocycles. The lowest BCUT2D eigenvalue weighted by Crippen LogP contribution is -2.28. The van der Waals surface area contributed by atoms with Crippen molar-refractivity contribution in [3.05, 3.63) is 35.4 Å². The van der Waals surface area contributed by atoms with Gasteiger partial charge in [-0.15, -0.1) is 0 Å². The van der Waals surface area contributed by atoms with E-state index in [1.807, 2.05) is 6.92 Å². The van der Waals surface area contributed by atoms with Crippen molar-refractivity contribution in [1.29, 1.82) is 0 Å². The summed E-state index contributed by atoms with van der Waals surface area (Å²) in [6.07, 6.45) is 6.59. The molecule has 2 rings (SSSR count). The SMILES string of the molecule is CCCC(C)(O)CC1CCCc2ccccc21. The van der Waals surface area contributed by atoms with Crippen LogP contribution < -0.4 is 0 Å². The Labute approximate surface area is 105 Å². The van der Waals surface area contributed by atoms with Crippen LogP contribution in [0.3, 0.4) is 0 Å². The van der Waals surface area contributed by atoms with Crippen LogP contribution in [0.25, 0.3) is 0 Å². The molecule has 0 aromatic heterocycles. The maximum Gasteiger partial charge on any atom is 0.0625 e. The van der Waals surface area contributed by atoms with Gasteiger partial charge in [-0.2, -0.15) is 0 Å². The van der Waals surface area contributed by atoms with Gasteiger partial charge in [0.2, 0.25) is 0 Å². The highest BCUT2D eigenvalue weighted by Gasteiger charge is 2.28. The summed E-state index contributed by atoms with van der Waals surface area (Å²) in [5.74, 6) is 0.557. The number of aliphatic hydroxyl groups is 1. The van der Waals surface area contributed by atoms with E-state index in [4.69, 9.17) is 0 Å². The number of aryl methyl sites for hydroxylation is 1. The summed E-state index contributed by atoms with van der Waals surface area (Å²) < 4.78 is 0. The van der Waals surface area contributed by atoms with Crippen molar-refractivity contribution in [2.75, 3.05) is 0 Å². The molecular weight excluding hydrogens is 208 g/mol. The van der Waals surface area contributed by atoms with Gasteiger partial charge in [0.25, 0.3) is 0 Å². The minimum Gasteiger partial charge on any atom is -0.390 e. The van der Waals surface area contributed by atoms with E-state index in [2.05, 4.69) is 31.2 Å². The third-order valence-electron chi connectivity index (χ3n) is 3.97. The molecule has 0 saturated heterocycles.